The highest BCUT2D eigenvalue weighted by Gasteiger charge is 2.49. The topological polar surface area (TPSA) is 110 Å². The van der Waals surface area contributed by atoms with Gasteiger partial charge in [0.25, 0.3) is 5.78 Å². The van der Waals surface area contributed by atoms with Gasteiger partial charge in [0, 0.05) is 17.0 Å². The maximum Gasteiger partial charge on any atom is 0.301 e. The van der Waals surface area contributed by atoms with E-state index in [-0.39, 0.29) is 16.5 Å². The van der Waals surface area contributed by atoms with Crippen molar-refractivity contribution in [2.24, 2.45) is 5.92 Å². The van der Waals surface area contributed by atoms with Gasteiger partial charge in [0.05, 0.1) is 23.9 Å². The zero-order valence-corrected chi connectivity index (χ0v) is 27.2. The van der Waals surface area contributed by atoms with Gasteiger partial charge in [-0.15, -0.1) is 10.2 Å². The minimum Gasteiger partial charge on any atom is -0.505 e. The molecule has 4 heterocycles. The van der Waals surface area contributed by atoms with E-state index in [1.165, 1.54) is 28.0 Å². The molecule has 0 bridgehead atoms. The molecule has 1 unspecified atom stereocenters. The van der Waals surface area contributed by atoms with Crippen LogP contribution >= 0.6 is 34.7 Å². The van der Waals surface area contributed by atoms with Crippen LogP contribution in [-0.2, 0) is 15.3 Å². The predicted molar refractivity (Wildman–Crippen MR) is 177 cm³/mol. The zero-order valence-electron chi connectivity index (χ0n) is 24.8. The molecule has 12 heteroatoms. The molecule has 1 aliphatic heterocycles. The number of carbonyl (C=O) groups is 2. The average Bonchev–Trinajstić information content (AvgIpc) is 3.70. The Bertz CT molecular complexity index is 1920. The number of ketones is 1. The summed E-state index contributed by atoms with van der Waals surface area (Å²) in [6.45, 7) is 6.52. The number of pyridine rings is 1. The molecule has 0 spiro atoms. The molecule has 0 saturated carbocycles. The van der Waals surface area contributed by atoms with Gasteiger partial charge < -0.3 is 9.84 Å². The molecule has 1 atom stereocenters. The maximum absolute atomic E-state index is 13.8. The van der Waals surface area contributed by atoms with Crippen LogP contribution in [0.5, 0.6) is 5.75 Å². The Kier molecular flexibility index (Phi) is 8.93. The smallest absolute Gasteiger partial charge is 0.301 e. The van der Waals surface area contributed by atoms with E-state index >= 15 is 0 Å². The van der Waals surface area contributed by atoms with Gasteiger partial charge in [-0.1, -0.05) is 78.9 Å². The molecule has 1 saturated heterocycles. The van der Waals surface area contributed by atoms with Crippen molar-refractivity contribution < 1.29 is 19.4 Å². The minimum atomic E-state index is -0.977. The number of carbonyl (C=O) groups excluding carboxylic acids is 2. The molecule has 230 valence electrons. The quantitative estimate of drug-likeness (QED) is 0.0540. The van der Waals surface area contributed by atoms with Gasteiger partial charge in [-0.2, -0.15) is 0 Å². The van der Waals surface area contributed by atoms with Crippen molar-refractivity contribution in [2.45, 2.75) is 43.3 Å². The summed E-state index contributed by atoms with van der Waals surface area (Å²) in [5.74, 6) is -0.245. The molecule has 0 radical (unpaired) electrons. The first-order valence-electron chi connectivity index (χ1n) is 14.4. The monoisotopic (exact) mass is 659 g/mol. The van der Waals surface area contributed by atoms with E-state index in [1.54, 1.807) is 23.6 Å². The number of Topliss-reactive ketones (excluding diaryl/α,β-unsaturated/α-hetero) is 1. The Balaban J connectivity index is 1.42. The van der Waals surface area contributed by atoms with Crippen LogP contribution in [0.25, 0.3) is 11.4 Å². The molecule has 1 amide bonds. The molecular weight excluding hydrogens is 630 g/mol. The van der Waals surface area contributed by atoms with Crippen molar-refractivity contribution >= 4 is 62.9 Å². The van der Waals surface area contributed by atoms with Crippen LogP contribution in [0.4, 0.5) is 5.13 Å². The number of halogens is 1. The van der Waals surface area contributed by atoms with Crippen molar-refractivity contribution in [3.05, 3.63) is 106 Å². The zero-order chi connectivity index (χ0) is 31.7. The molecule has 1 N–H and O–H groups in total. The number of benzene rings is 2. The van der Waals surface area contributed by atoms with Gasteiger partial charge in [-0.05, 0) is 66.8 Å². The van der Waals surface area contributed by atoms with Gasteiger partial charge in [0.2, 0.25) is 5.13 Å². The highest BCUT2D eigenvalue weighted by molar-refractivity contribution is 8.00. The Morgan fingerprint density at radius 3 is 2.67 bits per heavy atom. The van der Waals surface area contributed by atoms with E-state index in [2.05, 4.69) is 29.0 Å². The number of ether oxygens (including phenoxy) is 1. The van der Waals surface area contributed by atoms with Crippen LogP contribution in [0, 0.1) is 12.8 Å². The minimum absolute atomic E-state index is 0.0568. The van der Waals surface area contributed by atoms with Crippen molar-refractivity contribution in [2.75, 3.05) is 11.5 Å². The number of rotatable bonds is 10. The van der Waals surface area contributed by atoms with E-state index in [0.717, 1.165) is 12.0 Å². The number of fused-ring (bicyclic) bond motifs is 1. The summed E-state index contributed by atoms with van der Waals surface area (Å²) in [6.07, 6.45) is 2.63. The number of anilines is 1. The lowest BCUT2D eigenvalue weighted by molar-refractivity contribution is -0.132. The van der Waals surface area contributed by atoms with Crippen LogP contribution < -0.4 is 9.64 Å². The predicted octanol–water partition coefficient (Wildman–Crippen LogP) is 7.49. The number of thioether (sulfide) groups is 1. The largest absolute Gasteiger partial charge is 0.505 e. The van der Waals surface area contributed by atoms with Crippen LogP contribution in [0.15, 0.2) is 82.8 Å². The summed E-state index contributed by atoms with van der Waals surface area (Å²) in [5, 5.41) is 21.4. The highest BCUT2D eigenvalue weighted by atomic mass is 35.5. The van der Waals surface area contributed by atoms with Gasteiger partial charge in [-0.25, -0.2) is 4.98 Å². The number of hydrogen-bond donors (Lipinski definition) is 1. The Morgan fingerprint density at radius 2 is 1.89 bits per heavy atom. The van der Waals surface area contributed by atoms with E-state index in [0.29, 0.717) is 56.0 Å². The molecular formula is C33H30ClN5O4S2. The van der Waals surface area contributed by atoms with Crippen molar-refractivity contribution in [1.29, 1.82) is 0 Å². The summed E-state index contributed by atoms with van der Waals surface area (Å²) in [5.41, 5.74) is 3.06. The number of amides is 1. The van der Waals surface area contributed by atoms with E-state index in [9.17, 15) is 14.7 Å². The van der Waals surface area contributed by atoms with E-state index < -0.39 is 17.7 Å². The van der Waals surface area contributed by atoms with Crippen molar-refractivity contribution in [3.63, 3.8) is 0 Å². The third-order valence-corrected chi connectivity index (χ3v) is 9.77. The molecule has 9 nitrogen and oxygen atoms in total. The van der Waals surface area contributed by atoms with Gasteiger partial charge in [0.1, 0.15) is 17.1 Å². The molecule has 45 heavy (non-hydrogen) atoms. The number of aliphatic hydroxyl groups excluding tert-OH is 1. The first-order chi connectivity index (χ1) is 21.7. The number of hydrogen-bond acceptors (Lipinski definition) is 9. The fourth-order valence-corrected chi connectivity index (χ4v) is 7.09. The van der Waals surface area contributed by atoms with Crippen molar-refractivity contribution in [3.8, 4) is 5.75 Å². The molecule has 1 aliphatic rings. The molecule has 0 aliphatic carbocycles. The van der Waals surface area contributed by atoms with Gasteiger partial charge >= 0.3 is 5.91 Å². The third-order valence-electron chi connectivity index (χ3n) is 7.39. The molecule has 5 aromatic rings. The summed E-state index contributed by atoms with van der Waals surface area (Å²) in [4.78, 5) is 33.4. The van der Waals surface area contributed by atoms with Crippen LogP contribution in [0.1, 0.15) is 48.8 Å². The lowest BCUT2D eigenvalue weighted by Gasteiger charge is -2.23. The maximum atomic E-state index is 13.8. The molecule has 2 aromatic carbocycles. The van der Waals surface area contributed by atoms with Crippen molar-refractivity contribution in [1.82, 2.24) is 19.6 Å². The first kappa shape index (κ1) is 30.8. The second kappa shape index (κ2) is 13.0. The second-order valence-corrected chi connectivity index (χ2v) is 13.6. The Morgan fingerprint density at radius 1 is 1.09 bits per heavy atom. The average molecular weight is 660 g/mol. The van der Waals surface area contributed by atoms with Crippen LogP contribution in [-0.4, -0.2) is 43.0 Å². The third kappa shape index (κ3) is 6.33. The molecule has 3 aromatic heterocycles. The standard InChI is InChI=1S/C33H30ClN5O4S2/c1-19(2)14-16-43-24-8-6-7-22(17-24)28-26(29(40)27-20(3)35-25-9-4-5-15-38(25)27)30(41)31(42)39(28)32-36-37-33(45-32)44-18-21-10-12-23(34)13-11-21/h4-13,15,17,19,28,40H,14,16,18H2,1-3H3. The number of aryl methyl sites for hydroxylation is 1. The highest BCUT2D eigenvalue weighted by Crippen LogP contribution is 2.45. The fourth-order valence-electron chi connectivity index (χ4n) is 5.14. The normalized spacial score (nSPS) is 16.3. The van der Waals surface area contributed by atoms with Crippen LogP contribution in [0.3, 0.4) is 0 Å². The lowest BCUT2D eigenvalue weighted by Crippen LogP contribution is -2.29. The molecule has 6 rings (SSSR count). The fraction of sp³-hybridized carbons (Fsp3) is 0.242. The number of aliphatic hydroxyl groups is 1. The lowest BCUT2D eigenvalue weighted by atomic mass is 9.96. The Hall–Kier alpha value is -4.19. The number of aromatic nitrogens is 4. The van der Waals surface area contributed by atoms with Crippen LogP contribution in [0.2, 0.25) is 5.02 Å². The van der Waals surface area contributed by atoms with Gasteiger partial charge in [0.15, 0.2) is 10.1 Å². The van der Waals surface area contributed by atoms with E-state index in [4.69, 9.17) is 16.3 Å². The number of imidazole rings is 1. The summed E-state index contributed by atoms with van der Waals surface area (Å²) >= 11 is 8.69. The summed E-state index contributed by atoms with van der Waals surface area (Å²) in [6, 6.07) is 19.3. The van der Waals surface area contributed by atoms with E-state index in [1.807, 2.05) is 60.7 Å². The number of nitrogens with zero attached hydrogens (tertiary/aromatic N) is 5. The first-order valence-corrected chi connectivity index (χ1v) is 16.6. The summed E-state index contributed by atoms with van der Waals surface area (Å²) in [7, 11) is 0. The summed E-state index contributed by atoms with van der Waals surface area (Å²) < 4.78 is 8.36. The SMILES string of the molecule is Cc1nc2ccccn2c1C(O)=C1C(=O)C(=O)N(c2nnc(SCc3ccc(Cl)cc3)s2)C1c1cccc(OCCC(C)C)c1. The van der Waals surface area contributed by atoms with Gasteiger partial charge in [-0.3, -0.25) is 18.9 Å². The Labute approximate surface area is 273 Å². The molecule has 1 fully saturated rings. The second-order valence-electron chi connectivity index (χ2n) is 11.0.